The Morgan fingerprint density at radius 2 is 2.00 bits per heavy atom. The monoisotopic (exact) mass is 241 g/mol. The van der Waals surface area contributed by atoms with E-state index >= 15 is 0 Å². The van der Waals surface area contributed by atoms with Crippen LogP contribution in [0.5, 0.6) is 0 Å². The molecule has 0 spiro atoms. The number of carbonyl (C=O) groups excluding carboxylic acids is 1. The van der Waals surface area contributed by atoms with Gasteiger partial charge in [0.05, 0.1) is 5.92 Å². The van der Waals surface area contributed by atoms with Crippen molar-refractivity contribution in [2.24, 2.45) is 11.8 Å². The van der Waals surface area contributed by atoms with Crippen molar-refractivity contribution in [2.75, 3.05) is 0 Å². The highest BCUT2D eigenvalue weighted by atomic mass is 16.4. The average molecular weight is 241 g/mol. The maximum Gasteiger partial charge on any atom is 0.308 e. The van der Waals surface area contributed by atoms with E-state index in [4.69, 9.17) is 0 Å². The van der Waals surface area contributed by atoms with Gasteiger partial charge >= 0.3 is 5.97 Å². The largest absolute Gasteiger partial charge is 0.481 e. The Balaban J connectivity index is 3.06. The highest BCUT2D eigenvalue weighted by Gasteiger charge is 2.46. The average Bonchev–Trinajstić information content (AvgIpc) is 2.15. The maximum atomic E-state index is 12.1. The first-order valence-electron chi connectivity index (χ1n) is 6.27. The minimum Gasteiger partial charge on any atom is -0.481 e. The minimum atomic E-state index is -0.797. The molecular formula is C13H23NO3. The first-order valence-corrected chi connectivity index (χ1v) is 6.27. The van der Waals surface area contributed by atoms with Gasteiger partial charge in [-0.15, -0.1) is 0 Å². The Kier molecular flexibility index (Phi) is 3.84. The predicted molar refractivity (Wildman–Crippen MR) is 65.6 cm³/mol. The molecule has 0 aromatic rings. The molecule has 3 unspecified atom stereocenters. The van der Waals surface area contributed by atoms with Crippen molar-refractivity contribution < 1.29 is 14.7 Å². The normalized spacial score (nSPS) is 30.5. The number of hydrogen-bond acceptors (Lipinski definition) is 2. The Bertz CT molecular complexity index is 325. The number of nitrogens with zero attached hydrogens (tertiary/aromatic N) is 1. The van der Waals surface area contributed by atoms with E-state index < -0.39 is 11.9 Å². The summed E-state index contributed by atoms with van der Waals surface area (Å²) in [6.45, 7) is 9.72. The molecule has 1 rings (SSSR count). The van der Waals surface area contributed by atoms with Crippen molar-refractivity contribution in [1.29, 1.82) is 0 Å². The van der Waals surface area contributed by atoms with E-state index in [-0.39, 0.29) is 23.4 Å². The molecule has 1 amide bonds. The van der Waals surface area contributed by atoms with Crippen LogP contribution in [0.15, 0.2) is 0 Å². The number of carboxylic acid groups (broad SMARTS) is 1. The zero-order valence-electron chi connectivity index (χ0n) is 11.4. The van der Waals surface area contributed by atoms with Crippen molar-refractivity contribution in [3.8, 4) is 0 Å². The van der Waals surface area contributed by atoms with Gasteiger partial charge in [0.25, 0.3) is 0 Å². The molecule has 1 N–H and O–H groups in total. The summed E-state index contributed by atoms with van der Waals surface area (Å²) in [5, 5.41) is 9.28. The Morgan fingerprint density at radius 1 is 1.47 bits per heavy atom. The van der Waals surface area contributed by atoms with E-state index in [1.165, 1.54) is 0 Å². The molecule has 98 valence electrons. The van der Waals surface area contributed by atoms with Gasteiger partial charge in [0.2, 0.25) is 5.91 Å². The second-order valence-electron chi connectivity index (χ2n) is 5.72. The molecule has 3 atom stereocenters. The van der Waals surface area contributed by atoms with Crippen molar-refractivity contribution in [2.45, 2.75) is 59.0 Å². The molecule has 1 saturated heterocycles. The molecule has 0 aromatic heterocycles. The number of rotatable bonds is 3. The van der Waals surface area contributed by atoms with Gasteiger partial charge in [-0.3, -0.25) is 9.59 Å². The van der Waals surface area contributed by atoms with Crippen LogP contribution in [-0.2, 0) is 9.59 Å². The zero-order chi connectivity index (χ0) is 13.4. The third-order valence-corrected chi connectivity index (χ3v) is 4.11. The predicted octanol–water partition coefficient (Wildman–Crippen LogP) is 2.13. The van der Waals surface area contributed by atoms with Gasteiger partial charge in [-0.25, -0.2) is 0 Å². The van der Waals surface area contributed by atoms with Gasteiger partial charge in [0.1, 0.15) is 0 Å². The molecule has 1 aliphatic heterocycles. The van der Waals surface area contributed by atoms with Gasteiger partial charge in [-0.2, -0.15) is 0 Å². The first kappa shape index (κ1) is 14.0. The minimum absolute atomic E-state index is 0.0781. The second kappa shape index (κ2) is 4.67. The fraction of sp³-hybridized carbons (Fsp3) is 0.846. The van der Waals surface area contributed by atoms with Gasteiger partial charge in [-0.05, 0) is 33.1 Å². The Morgan fingerprint density at radius 3 is 2.41 bits per heavy atom. The van der Waals surface area contributed by atoms with Crippen LogP contribution in [0.4, 0.5) is 0 Å². The quantitative estimate of drug-likeness (QED) is 0.823. The molecular weight excluding hydrogens is 218 g/mol. The molecule has 1 fully saturated rings. The number of carbonyl (C=O) groups is 2. The third-order valence-electron chi connectivity index (χ3n) is 4.11. The standard InChI is InChI=1S/C13H23NO3/c1-6-13(4,5)14-9(3)11(12(16)17)8(2)7-10(14)15/h8-9,11H,6-7H2,1-5H3,(H,16,17). The third kappa shape index (κ3) is 2.45. The number of hydrogen-bond donors (Lipinski definition) is 1. The summed E-state index contributed by atoms with van der Waals surface area (Å²) in [6.07, 6.45) is 1.16. The van der Waals surface area contributed by atoms with Gasteiger partial charge in [0, 0.05) is 18.0 Å². The molecule has 0 bridgehead atoms. The fourth-order valence-electron chi connectivity index (χ4n) is 2.87. The second-order valence-corrected chi connectivity index (χ2v) is 5.72. The van der Waals surface area contributed by atoms with Crippen LogP contribution < -0.4 is 0 Å². The molecule has 0 aromatic carbocycles. The summed E-state index contributed by atoms with van der Waals surface area (Å²) >= 11 is 0. The lowest BCUT2D eigenvalue weighted by Crippen LogP contribution is -2.60. The zero-order valence-corrected chi connectivity index (χ0v) is 11.4. The van der Waals surface area contributed by atoms with Gasteiger partial charge in [-0.1, -0.05) is 13.8 Å². The van der Waals surface area contributed by atoms with E-state index in [1.807, 2.05) is 34.6 Å². The van der Waals surface area contributed by atoms with E-state index in [1.54, 1.807) is 4.90 Å². The molecule has 1 heterocycles. The van der Waals surface area contributed by atoms with Crippen LogP contribution in [0.1, 0.15) is 47.5 Å². The van der Waals surface area contributed by atoms with E-state index in [2.05, 4.69) is 0 Å². The molecule has 4 heteroatoms. The van der Waals surface area contributed by atoms with E-state index in [0.717, 1.165) is 6.42 Å². The van der Waals surface area contributed by atoms with Crippen molar-refractivity contribution in [3.63, 3.8) is 0 Å². The van der Waals surface area contributed by atoms with Crippen LogP contribution in [0.25, 0.3) is 0 Å². The number of piperidine rings is 1. The first-order chi connectivity index (χ1) is 7.72. The number of aliphatic carboxylic acids is 1. The summed E-state index contributed by atoms with van der Waals surface area (Å²) in [7, 11) is 0. The summed E-state index contributed by atoms with van der Waals surface area (Å²) in [6, 6.07) is -0.237. The molecule has 0 radical (unpaired) electrons. The van der Waals surface area contributed by atoms with Crippen molar-refractivity contribution in [3.05, 3.63) is 0 Å². The fourth-order valence-corrected chi connectivity index (χ4v) is 2.87. The molecule has 1 aliphatic rings. The Labute approximate surface area is 103 Å². The smallest absolute Gasteiger partial charge is 0.308 e. The summed E-state index contributed by atoms with van der Waals surface area (Å²) in [4.78, 5) is 25.2. The highest BCUT2D eigenvalue weighted by Crippen LogP contribution is 2.35. The van der Waals surface area contributed by atoms with Gasteiger partial charge in [0.15, 0.2) is 0 Å². The number of likely N-dealkylation sites (tertiary alicyclic amines) is 1. The van der Waals surface area contributed by atoms with Crippen molar-refractivity contribution >= 4 is 11.9 Å². The van der Waals surface area contributed by atoms with Gasteiger partial charge < -0.3 is 10.0 Å². The van der Waals surface area contributed by atoms with Crippen LogP contribution in [0.2, 0.25) is 0 Å². The van der Waals surface area contributed by atoms with Crippen LogP contribution in [0, 0.1) is 11.8 Å². The molecule has 0 aliphatic carbocycles. The van der Waals surface area contributed by atoms with E-state index in [0.29, 0.717) is 6.42 Å². The van der Waals surface area contributed by atoms with Crippen molar-refractivity contribution in [1.82, 2.24) is 4.90 Å². The summed E-state index contributed by atoms with van der Waals surface area (Å²) in [5.41, 5.74) is -0.273. The summed E-state index contributed by atoms with van der Waals surface area (Å²) in [5.74, 6) is -1.26. The number of carboxylic acids is 1. The Hall–Kier alpha value is -1.06. The molecule has 0 saturated carbocycles. The lowest BCUT2D eigenvalue weighted by molar-refractivity contribution is -0.160. The van der Waals surface area contributed by atoms with Crippen LogP contribution in [-0.4, -0.2) is 33.5 Å². The number of amides is 1. The lowest BCUT2D eigenvalue weighted by atomic mass is 9.78. The molecule has 4 nitrogen and oxygen atoms in total. The maximum absolute atomic E-state index is 12.1. The summed E-state index contributed by atoms with van der Waals surface area (Å²) < 4.78 is 0. The van der Waals surface area contributed by atoms with Crippen LogP contribution in [0.3, 0.4) is 0 Å². The van der Waals surface area contributed by atoms with Crippen LogP contribution >= 0.6 is 0 Å². The highest BCUT2D eigenvalue weighted by molar-refractivity contribution is 5.82. The topological polar surface area (TPSA) is 57.6 Å². The van der Waals surface area contributed by atoms with E-state index in [9.17, 15) is 14.7 Å². The molecule has 17 heavy (non-hydrogen) atoms. The SMILES string of the molecule is CCC(C)(C)N1C(=O)CC(C)C(C(=O)O)C1C. The lowest BCUT2D eigenvalue weighted by Gasteiger charge is -2.49.